The molecule has 0 radical (unpaired) electrons. The molecule has 4 aromatic carbocycles. The number of rotatable bonds is 4. The maximum atomic E-state index is 15.8. The predicted molar refractivity (Wildman–Crippen MR) is 200 cm³/mol. The summed E-state index contributed by atoms with van der Waals surface area (Å²) >= 11 is 0. The molecule has 352 valence electrons. The molecule has 0 aliphatic carbocycles. The van der Waals surface area contributed by atoms with Crippen LogP contribution in [0, 0.1) is 116 Å². The summed E-state index contributed by atoms with van der Waals surface area (Å²) in [7, 11) is 0. The van der Waals surface area contributed by atoms with Gasteiger partial charge < -0.3 is 9.97 Å². The van der Waals surface area contributed by atoms with Crippen molar-refractivity contribution < 1.29 is 105 Å². The normalized spacial score (nSPS) is 12.1. The van der Waals surface area contributed by atoms with Gasteiger partial charge in [0.15, 0.2) is 93.1 Å². The summed E-state index contributed by atoms with van der Waals surface area (Å²) in [6.45, 7) is 0. The molecule has 2 aliphatic rings. The third kappa shape index (κ3) is 6.99. The van der Waals surface area contributed by atoms with Crippen LogP contribution < -0.4 is 0 Å². The molecule has 25 heteroatoms. The first-order valence-electron chi connectivity index (χ1n) is 18.3. The van der Waals surface area contributed by atoms with Gasteiger partial charge in [-0.3, -0.25) is 0 Å². The van der Waals surface area contributed by atoms with E-state index in [9.17, 15) is 52.7 Å². The standard InChI is InChI=1S/C44H10F20N4.Fe/c45-25-21(26(46)34(54)41(61)33(25)53)17-9-1-2-10(65-9)18(22-27(47)35(55)42(62)36(56)28(22)48)12-5-6-14(67-12)20(24-31(51)39(59)44(64)40(60)32(24)52)16-8-7-15(68-16)19(13-4-3-11(17)66-13)23-29(49)37(57)43(63)38(58)30(23)50;/h1-8,65,68H;/q;+2. The molecule has 0 spiro atoms. The molecule has 2 aliphatic heterocycles. The van der Waals surface area contributed by atoms with Gasteiger partial charge in [0.05, 0.1) is 45.0 Å². The molecule has 3 aromatic heterocycles. The molecular weight excluding hydrogens is 1020 g/mol. The third-order valence-electron chi connectivity index (χ3n) is 10.6. The summed E-state index contributed by atoms with van der Waals surface area (Å²) in [4.78, 5) is 12.3. The molecule has 69 heavy (non-hydrogen) atoms. The van der Waals surface area contributed by atoms with E-state index in [0.717, 1.165) is 0 Å². The molecule has 8 bridgehead atoms. The maximum absolute atomic E-state index is 15.8. The molecule has 4 nitrogen and oxygen atoms in total. The van der Waals surface area contributed by atoms with Crippen molar-refractivity contribution in [2.75, 3.05) is 0 Å². The quantitative estimate of drug-likeness (QED) is 0.0799. The second kappa shape index (κ2) is 17.0. The fraction of sp³-hybridized carbons (Fsp3) is 0. The number of benzene rings is 4. The van der Waals surface area contributed by atoms with E-state index in [1.807, 2.05) is 0 Å². The van der Waals surface area contributed by atoms with Crippen molar-refractivity contribution in [1.29, 1.82) is 0 Å². The summed E-state index contributed by atoms with van der Waals surface area (Å²) in [5, 5.41) is 0. The van der Waals surface area contributed by atoms with Crippen LogP contribution in [0.5, 0.6) is 0 Å². The minimum absolute atomic E-state index is 0. The van der Waals surface area contributed by atoms with Crippen molar-refractivity contribution in [2.45, 2.75) is 0 Å². The van der Waals surface area contributed by atoms with Crippen molar-refractivity contribution in [1.82, 2.24) is 19.9 Å². The number of fused-ring (bicyclic) bond motifs is 8. The Morgan fingerprint density at radius 3 is 0.522 bits per heavy atom. The van der Waals surface area contributed by atoms with Gasteiger partial charge in [-0.2, -0.15) is 0 Å². The van der Waals surface area contributed by atoms with Crippen molar-refractivity contribution in [3.8, 4) is 44.5 Å². The Balaban J connectivity index is 0.00000642. The van der Waals surface area contributed by atoms with Gasteiger partial charge in [0.1, 0.15) is 0 Å². The number of aromatic nitrogens is 4. The molecule has 0 unspecified atom stereocenters. The maximum Gasteiger partial charge on any atom is 2.00 e. The molecule has 0 fully saturated rings. The van der Waals surface area contributed by atoms with Gasteiger partial charge in [-0.25, -0.2) is 97.8 Å². The molecule has 2 N–H and O–H groups in total. The largest absolute Gasteiger partial charge is 2.00 e. The SMILES string of the molecule is Fc1c(F)c(F)c(-c2c3nc(c(-c4c(F)c(F)c(F)c(F)c4F)c4ccc([nH]4)c(-c4c(F)c(F)c(F)c(F)c4F)c4nc(c(-c5c(F)c(F)c(F)c(F)c5F)c5ccc2[nH]5)C=C4)C=C3)c(F)c1F.[Fe+2]. The molecule has 0 atom stereocenters. The fourth-order valence-electron chi connectivity index (χ4n) is 7.56. The minimum atomic E-state index is -2.72. The van der Waals surface area contributed by atoms with Crippen LogP contribution in [0.25, 0.3) is 90.9 Å². The van der Waals surface area contributed by atoms with E-state index in [2.05, 4.69) is 19.9 Å². The summed E-state index contributed by atoms with van der Waals surface area (Å²) in [6.07, 6.45) is 2.40. The Kier molecular flexibility index (Phi) is 11.8. The number of H-pyrrole nitrogens is 2. The molecule has 9 rings (SSSR count). The number of nitrogens with zero attached hydrogens (tertiary/aromatic N) is 2. The minimum Gasteiger partial charge on any atom is -0.354 e. The summed E-state index contributed by atoms with van der Waals surface area (Å²) in [6, 6.07) is 2.51. The zero-order valence-electron chi connectivity index (χ0n) is 32.4. The van der Waals surface area contributed by atoms with Crippen LogP contribution in [0.3, 0.4) is 0 Å². The topological polar surface area (TPSA) is 57.4 Å². The van der Waals surface area contributed by atoms with Gasteiger partial charge in [-0.05, 0) is 48.6 Å². The zero-order valence-corrected chi connectivity index (χ0v) is 33.5. The number of aromatic amines is 2. The van der Waals surface area contributed by atoms with Crippen LogP contribution in [0.2, 0.25) is 0 Å². The van der Waals surface area contributed by atoms with E-state index >= 15 is 35.1 Å². The van der Waals surface area contributed by atoms with Gasteiger partial charge in [0.2, 0.25) is 23.3 Å². The second-order valence-corrected chi connectivity index (χ2v) is 14.3. The Labute approximate surface area is 378 Å². The van der Waals surface area contributed by atoms with Crippen molar-refractivity contribution in [3.05, 3.63) is 163 Å². The van der Waals surface area contributed by atoms with Crippen LogP contribution in [0.1, 0.15) is 22.8 Å². The molecule has 0 amide bonds. The van der Waals surface area contributed by atoms with Crippen LogP contribution in [-0.2, 0) is 17.1 Å². The van der Waals surface area contributed by atoms with Gasteiger partial charge in [-0.15, -0.1) is 0 Å². The van der Waals surface area contributed by atoms with Gasteiger partial charge in [-0.1, -0.05) is 0 Å². The second-order valence-electron chi connectivity index (χ2n) is 14.3. The van der Waals surface area contributed by atoms with Gasteiger partial charge in [0.25, 0.3) is 0 Å². The smallest absolute Gasteiger partial charge is 0.354 e. The predicted octanol–water partition coefficient (Wildman–Crippen LogP) is 14.1. The van der Waals surface area contributed by atoms with Crippen molar-refractivity contribution >= 4 is 46.4 Å². The van der Waals surface area contributed by atoms with Crippen LogP contribution in [0.4, 0.5) is 87.8 Å². The Bertz CT molecular complexity index is 3120. The van der Waals surface area contributed by atoms with E-state index in [1.165, 1.54) is 0 Å². The average Bonchev–Trinajstić information content (AvgIpc) is 4.18. The van der Waals surface area contributed by atoms with Crippen LogP contribution in [-0.4, -0.2) is 19.9 Å². The van der Waals surface area contributed by atoms with Crippen molar-refractivity contribution in [2.24, 2.45) is 0 Å². The van der Waals surface area contributed by atoms with Gasteiger partial charge in [0, 0.05) is 44.3 Å². The monoisotopic (exact) mass is 1030 g/mol. The van der Waals surface area contributed by atoms with Gasteiger partial charge >= 0.3 is 17.1 Å². The van der Waals surface area contributed by atoms with E-state index in [1.54, 1.807) is 0 Å². The number of nitrogens with one attached hydrogen (secondary N) is 2. The Hall–Kier alpha value is -7.40. The van der Waals surface area contributed by atoms with Crippen LogP contribution >= 0.6 is 0 Å². The van der Waals surface area contributed by atoms with E-state index < -0.39 is 206 Å². The summed E-state index contributed by atoms with van der Waals surface area (Å²) in [5.74, 6) is -52.6. The molecule has 7 aromatic rings. The van der Waals surface area contributed by atoms with Crippen molar-refractivity contribution in [3.63, 3.8) is 0 Å². The summed E-state index contributed by atoms with van der Waals surface area (Å²) in [5.41, 5.74) is -20.5. The molecule has 0 saturated carbocycles. The number of hydrogen-bond donors (Lipinski definition) is 2. The Morgan fingerprint density at radius 1 is 0.217 bits per heavy atom. The fourth-order valence-corrected chi connectivity index (χ4v) is 7.56. The molecular formula is C44H10F20FeN4+2. The molecule has 0 saturated heterocycles. The van der Waals surface area contributed by atoms with E-state index in [4.69, 9.17) is 0 Å². The summed E-state index contributed by atoms with van der Waals surface area (Å²) < 4.78 is 303. The molecule has 5 heterocycles. The first-order valence-corrected chi connectivity index (χ1v) is 18.3. The first-order chi connectivity index (χ1) is 32.1. The third-order valence-corrected chi connectivity index (χ3v) is 10.6. The van der Waals surface area contributed by atoms with E-state index in [-0.39, 0.29) is 17.1 Å². The first kappa shape index (κ1) is 48.1. The van der Waals surface area contributed by atoms with Crippen LogP contribution in [0.15, 0.2) is 24.3 Å². The van der Waals surface area contributed by atoms with E-state index in [0.29, 0.717) is 48.6 Å². The zero-order chi connectivity index (χ0) is 49.3. The Morgan fingerprint density at radius 2 is 0.362 bits per heavy atom. The number of hydrogen-bond acceptors (Lipinski definition) is 2. The average molecular weight is 1030 g/mol. The number of halogens is 20.